The molecule has 1 amide bonds. The first-order valence-corrected chi connectivity index (χ1v) is 6.70. The van der Waals surface area contributed by atoms with Gasteiger partial charge < -0.3 is 15.0 Å². The number of nitrogens with one attached hydrogen (secondary N) is 1. The Kier molecular flexibility index (Phi) is 6.75. The highest BCUT2D eigenvalue weighted by atomic mass is 79.9. The van der Waals surface area contributed by atoms with Crippen LogP contribution in [0.2, 0.25) is 0 Å². The fourth-order valence-corrected chi connectivity index (χ4v) is 1.80. The summed E-state index contributed by atoms with van der Waals surface area (Å²) in [6.45, 7) is 1.91. The molecule has 18 heavy (non-hydrogen) atoms. The molecular formula is C13H19BrN2O2. The standard InChI is InChI=1S/C13H19BrN2O2/c1-15-8-9-16(2)13(17)7-10-18-12-6-4-3-5-11(12)14/h3-6,15H,7-10H2,1-2H3. The molecule has 0 aliphatic rings. The molecule has 4 nitrogen and oxygen atoms in total. The predicted molar refractivity (Wildman–Crippen MR) is 75.8 cm³/mol. The molecule has 1 N–H and O–H groups in total. The number of likely N-dealkylation sites (N-methyl/N-ethyl adjacent to an activating group) is 2. The molecule has 1 aromatic rings. The third-order valence-corrected chi connectivity index (χ3v) is 3.19. The van der Waals surface area contributed by atoms with Crippen molar-refractivity contribution in [1.82, 2.24) is 10.2 Å². The van der Waals surface area contributed by atoms with E-state index in [4.69, 9.17) is 4.74 Å². The second-order valence-electron chi connectivity index (χ2n) is 3.95. The summed E-state index contributed by atoms with van der Waals surface area (Å²) in [5, 5.41) is 3.01. The molecule has 1 aromatic carbocycles. The van der Waals surface area contributed by atoms with E-state index in [2.05, 4.69) is 21.2 Å². The largest absolute Gasteiger partial charge is 0.492 e. The number of carbonyl (C=O) groups excluding carboxylic acids is 1. The fraction of sp³-hybridized carbons (Fsp3) is 0.462. The number of hydrogen-bond donors (Lipinski definition) is 1. The van der Waals surface area contributed by atoms with Crippen LogP contribution in [0.3, 0.4) is 0 Å². The van der Waals surface area contributed by atoms with E-state index in [-0.39, 0.29) is 5.91 Å². The minimum Gasteiger partial charge on any atom is -0.492 e. The number of hydrogen-bond acceptors (Lipinski definition) is 3. The van der Waals surface area contributed by atoms with Crippen LogP contribution in [0.15, 0.2) is 28.7 Å². The summed E-state index contributed by atoms with van der Waals surface area (Å²) in [5.74, 6) is 0.862. The summed E-state index contributed by atoms with van der Waals surface area (Å²) in [4.78, 5) is 13.4. The zero-order valence-corrected chi connectivity index (χ0v) is 12.4. The average Bonchev–Trinajstić information content (AvgIpc) is 2.38. The zero-order valence-electron chi connectivity index (χ0n) is 10.8. The number of para-hydroxylation sites is 1. The average molecular weight is 315 g/mol. The van der Waals surface area contributed by atoms with E-state index in [1.807, 2.05) is 31.3 Å². The first kappa shape index (κ1) is 15.0. The fourth-order valence-electron chi connectivity index (χ4n) is 1.41. The van der Waals surface area contributed by atoms with Crippen molar-refractivity contribution < 1.29 is 9.53 Å². The Morgan fingerprint density at radius 3 is 2.83 bits per heavy atom. The minimum atomic E-state index is 0.0947. The second-order valence-corrected chi connectivity index (χ2v) is 4.80. The number of benzene rings is 1. The maximum absolute atomic E-state index is 11.7. The Labute approximate surface area is 116 Å². The van der Waals surface area contributed by atoms with E-state index in [1.54, 1.807) is 11.9 Å². The molecule has 0 aliphatic heterocycles. The second kappa shape index (κ2) is 8.11. The van der Waals surface area contributed by atoms with Crippen LogP contribution in [0, 0.1) is 0 Å². The lowest BCUT2D eigenvalue weighted by Gasteiger charge is -2.17. The first-order valence-electron chi connectivity index (χ1n) is 5.91. The third kappa shape index (κ3) is 5.06. The van der Waals surface area contributed by atoms with E-state index < -0.39 is 0 Å². The van der Waals surface area contributed by atoms with Crippen LogP contribution < -0.4 is 10.1 Å². The van der Waals surface area contributed by atoms with Crippen molar-refractivity contribution in [2.75, 3.05) is 33.8 Å². The van der Waals surface area contributed by atoms with Crippen molar-refractivity contribution in [3.8, 4) is 5.75 Å². The molecule has 0 aliphatic carbocycles. The molecule has 0 aromatic heterocycles. The Morgan fingerprint density at radius 2 is 2.17 bits per heavy atom. The lowest BCUT2D eigenvalue weighted by atomic mass is 10.3. The van der Waals surface area contributed by atoms with Crippen molar-refractivity contribution in [1.29, 1.82) is 0 Å². The Hall–Kier alpha value is -1.07. The van der Waals surface area contributed by atoms with Crippen molar-refractivity contribution in [2.24, 2.45) is 0 Å². The summed E-state index contributed by atoms with van der Waals surface area (Å²) in [6.07, 6.45) is 0.390. The number of nitrogens with zero attached hydrogens (tertiary/aromatic N) is 1. The molecule has 0 radical (unpaired) electrons. The highest BCUT2D eigenvalue weighted by molar-refractivity contribution is 9.10. The van der Waals surface area contributed by atoms with Gasteiger partial charge in [-0.3, -0.25) is 4.79 Å². The summed E-state index contributed by atoms with van der Waals surface area (Å²) in [5.41, 5.74) is 0. The molecular weight excluding hydrogens is 296 g/mol. The van der Waals surface area contributed by atoms with Gasteiger partial charge in [-0.15, -0.1) is 0 Å². The number of amides is 1. The van der Waals surface area contributed by atoms with Gasteiger partial charge in [0, 0.05) is 20.1 Å². The van der Waals surface area contributed by atoms with E-state index in [9.17, 15) is 4.79 Å². The van der Waals surface area contributed by atoms with Crippen LogP contribution in [-0.2, 0) is 4.79 Å². The van der Waals surface area contributed by atoms with Gasteiger partial charge in [0.1, 0.15) is 5.75 Å². The lowest BCUT2D eigenvalue weighted by Crippen LogP contribution is -2.33. The van der Waals surface area contributed by atoms with Crippen LogP contribution >= 0.6 is 15.9 Å². The van der Waals surface area contributed by atoms with Gasteiger partial charge in [0.05, 0.1) is 17.5 Å². The Bertz CT molecular complexity index is 385. The van der Waals surface area contributed by atoms with Gasteiger partial charge >= 0.3 is 0 Å². The third-order valence-electron chi connectivity index (χ3n) is 2.53. The van der Waals surface area contributed by atoms with Crippen LogP contribution in [0.1, 0.15) is 6.42 Å². The maximum atomic E-state index is 11.7. The van der Waals surface area contributed by atoms with Crippen LogP contribution in [-0.4, -0.2) is 44.6 Å². The molecule has 0 fully saturated rings. The number of ether oxygens (including phenoxy) is 1. The van der Waals surface area contributed by atoms with E-state index in [1.165, 1.54) is 0 Å². The monoisotopic (exact) mass is 314 g/mol. The van der Waals surface area contributed by atoms with Crippen molar-refractivity contribution >= 4 is 21.8 Å². The van der Waals surface area contributed by atoms with Gasteiger partial charge in [-0.2, -0.15) is 0 Å². The van der Waals surface area contributed by atoms with Gasteiger partial charge in [-0.25, -0.2) is 0 Å². The summed E-state index contributed by atoms with van der Waals surface area (Å²) in [6, 6.07) is 7.62. The van der Waals surface area contributed by atoms with E-state index >= 15 is 0 Å². The highest BCUT2D eigenvalue weighted by Crippen LogP contribution is 2.23. The van der Waals surface area contributed by atoms with Gasteiger partial charge in [0.15, 0.2) is 0 Å². The first-order chi connectivity index (χ1) is 8.65. The minimum absolute atomic E-state index is 0.0947. The molecule has 0 saturated carbocycles. The molecule has 100 valence electrons. The number of halogens is 1. The lowest BCUT2D eigenvalue weighted by molar-refractivity contribution is -0.130. The maximum Gasteiger partial charge on any atom is 0.225 e. The Balaban J connectivity index is 2.29. The number of carbonyl (C=O) groups is 1. The van der Waals surface area contributed by atoms with E-state index in [0.29, 0.717) is 19.6 Å². The topological polar surface area (TPSA) is 41.6 Å². The molecule has 0 unspecified atom stereocenters. The van der Waals surface area contributed by atoms with Gasteiger partial charge in [-0.05, 0) is 35.1 Å². The highest BCUT2D eigenvalue weighted by Gasteiger charge is 2.08. The van der Waals surface area contributed by atoms with Gasteiger partial charge in [0.25, 0.3) is 0 Å². The zero-order chi connectivity index (χ0) is 13.4. The van der Waals surface area contributed by atoms with E-state index in [0.717, 1.165) is 16.8 Å². The van der Waals surface area contributed by atoms with Crippen LogP contribution in [0.5, 0.6) is 5.75 Å². The predicted octanol–water partition coefficient (Wildman–Crippen LogP) is 1.90. The molecule has 5 heteroatoms. The van der Waals surface area contributed by atoms with Crippen molar-refractivity contribution in [3.05, 3.63) is 28.7 Å². The van der Waals surface area contributed by atoms with Gasteiger partial charge in [0.2, 0.25) is 5.91 Å². The van der Waals surface area contributed by atoms with Crippen molar-refractivity contribution in [3.63, 3.8) is 0 Å². The summed E-state index contributed by atoms with van der Waals surface area (Å²) >= 11 is 3.40. The molecule has 1 rings (SSSR count). The van der Waals surface area contributed by atoms with Crippen LogP contribution in [0.25, 0.3) is 0 Å². The van der Waals surface area contributed by atoms with Crippen LogP contribution in [0.4, 0.5) is 0 Å². The SMILES string of the molecule is CNCCN(C)C(=O)CCOc1ccccc1Br. The molecule has 0 heterocycles. The molecule has 0 bridgehead atoms. The number of rotatable bonds is 7. The normalized spacial score (nSPS) is 10.2. The molecule has 0 saturated heterocycles. The molecule has 0 atom stereocenters. The smallest absolute Gasteiger partial charge is 0.225 e. The summed E-state index contributed by atoms with van der Waals surface area (Å²) < 4.78 is 6.46. The van der Waals surface area contributed by atoms with Gasteiger partial charge in [-0.1, -0.05) is 12.1 Å². The van der Waals surface area contributed by atoms with Crippen molar-refractivity contribution in [2.45, 2.75) is 6.42 Å². The summed E-state index contributed by atoms with van der Waals surface area (Å²) in [7, 11) is 3.67. The molecule has 0 spiro atoms. The quantitative estimate of drug-likeness (QED) is 0.835. The Morgan fingerprint density at radius 1 is 1.44 bits per heavy atom.